The molecular weight excluding hydrogens is 691 g/mol. The summed E-state index contributed by atoms with van der Waals surface area (Å²) in [6.07, 6.45) is 0. The number of anilines is 3. The molecule has 272 valence electrons. The van der Waals surface area contributed by atoms with Crippen molar-refractivity contribution in [3.63, 3.8) is 0 Å². The normalized spacial score (nSPS) is 10.9. The summed E-state index contributed by atoms with van der Waals surface area (Å²) >= 11 is 0. The maximum Gasteiger partial charge on any atom is 0.137 e. The molecule has 0 aliphatic rings. The van der Waals surface area contributed by atoms with Crippen molar-refractivity contribution in [2.75, 3.05) is 4.90 Å². The van der Waals surface area contributed by atoms with Gasteiger partial charge in [0, 0.05) is 33.8 Å². The highest BCUT2D eigenvalue weighted by molar-refractivity contribution is 6.06. The molecule has 10 aromatic rings. The molecule has 0 aliphatic heterocycles. The molecule has 0 amide bonds. The van der Waals surface area contributed by atoms with Crippen LogP contribution in [0.5, 0.6) is 0 Å². The van der Waals surface area contributed by atoms with Crippen molar-refractivity contribution in [2.45, 2.75) is 6.92 Å². The number of rotatable bonds is 7. The summed E-state index contributed by atoms with van der Waals surface area (Å²) in [6, 6.07) is 81.1. The molecule has 0 atom stereocenters. The Kier molecular flexibility index (Phi) is 9.99. The van der Waals surface area contributed by atoms with Crippen molar-refractivity contribution >= 4 is 39.0 Å². The smallest absolute Gasteiger partial charge is 0.137 e. The molecule has 0 bridgehead atoms. The lowest BCUT2D eigenvalue weighted by Crippen LogP contribution is -2.11. The summed E-state index contributed by atoms with van der Waals surface area (Å²) < 4.78 is 6.32. The Bertz CT molecular complexity index is 2860. The van der Waals surface area contributed by atoms with Gasteiger partial charge in [-0.1, -0.05) is 194 Å². The molecule has 0 unspecified atom stereocenters. The molecular formula is C55H41NO. The van der Waals surface area contributed by atoms with E-state index in [2.05, 4.69) is 224 Å². The summed E-state index contributed by atoms with van der Waals surface area (Å²) in [5.74, 6) is 0. The van der Waals surface area contributed by atoms with Crippen LogP contribution < -0.4 is 4.90 Å². The highest BCUT2D eigenvalue weighted by atomic mass is 16.3. The lowest BCUT2D eigenvalue weighted by molar-refractivity contribution is 0.669. The van der Waals surface area contributed by atoms with Gasteiger partial charge in [0.05, 0.1) is 5.69 Å². The molecule has 0 aliphatic carbocycles. The second-order valence-corrected chi connectivity index (χ2v) is 14.2. The number of aryl methyl sites for hydroxylation is 1. The molecule has 0 N–H and O–H groups in total. The quantitative estimate of drug-likeness (QED) is 0.162. The van der Waals surface area contributed by atoms with E-state index in [1.165, 1.54) is 50.1 Å². The number of fused-ring (bicyclic) bond motifs is 3. The Hall–Kier alpha value is -7.42. The van der Waals surface area contributed by atoms with Crippen molar-refractivity contribution in [2.24, 2.45) is 0 Å². The topological polar surface area (TPSA) is 16.4 Å². The lowest BCUT2D eigenvalue weighted by Gasteiger charge is -2.28. The van der Waals surface area contributed by atoms with Crippen LogP contribution in [0.15, 0.2) is 235 Å². The van der Waals surface area contributed by atoms with Gasteiger partial charge in [0.15, 0.2) is 0 Å². The molecule has 0 saturated heterocycles. The summed E-state index contributed by atoms with van der Waals surface area (Å²) in [7, 11) is 0. The lowest BCUT2D eigenvalue weighted by atomic mass is 9.99. The Morgan fingerprint density at radius 3 is 1.33 bits per heavy atom. The van der Waals surface area contributed by atoms with Gasteiger partial charge in [0.2, 0.25) is 0 Å². The van der Waals surface area contributed by atoms with Gasteiger partial charge in [-0.2, -0.15) is 0 Å². The van der Waals surface area contributed by atoms with Crippen LogP contribution in [0.1, 0.15) is 5.56 Å². The van der Waals surface area contributed by atoms with Crippen molar-refractivity contribution in [1.29, 1.82) is 0 Å². The predicted molar refractivity (Wildman–Crippen MR) is 241 cm³/mol. The van der Waals surface area contributed by atoms with E-state index in [-0.39, 0.29) is 0 Å². The predicted octanol–water partition coefficient (Wildman–Crippen LogP) is 15.7. The van der Waals surface area contributed by atoms with E-state index in [1.54, 1.807) is 0 Å². The van der Waals surface area contributed by atoms with Crippen molar-refractivity contribution in [1.82, 2.24) is 0 Å². The van der Waals surface area contributed by atoms with Crippen LogP contribution in [-0.4, -0.2) is 0 Å². The number of nitrogens with zero attached hydrogens (tertiary/aromatic N) is 1. The minimum atomic E-state index is 0.876. The molecule has 0 spiro atoms. The average molecular weight is 732 g/mol. The van der Waals surface area contributed by atoms with E-state index in [4.69, 9.17) is 4.42 Å². The number of para-hydroxylation sites is 2. The van der Waals surface area contributed by atoms with Gasteiger partial charge >= 0.3 is 0 Å². The van der Waals surface area contributed by atoms with Crippen LogP contribution in [0.25, 0.3) is 66.4 Å². The molecule has 10 rings (SSSR count). The van der Waals surface area contributed by atoms with Gasteiger partial charge in [-0.3, -0.25) is 0 Å². The minimum absolute atomic E-state index is 0.876. The van der Waals surface area contributed by atoms with E-state index in [9.17, 15) is 0 Å². The van der Waals surface area contributed by atoms with Crippen LogP contribution in [0, 0.1) is 6.92 Å². The van der Waals surface area contributed by atoms with E-state index in [1.807, 2.05) is 18.2 Å². The maximum absolute atomic E-state index is 6.32. The highest BCUT2D eigenvalue weighted by Crippen LogP contribution is 2.43. The summed E-state index contributed by atoms with van der Waals surface area (Å²) in [4.78, 5) is 2.33. The zero-order valence-corrected chi connectivity index (χ0v) is 31.8. The molecule has 2 nitrogen and oxygen atoms in total. The molecule has 2 heteroatoms. The molecule has 0 fully saturated rings. The van der Waals surface area contributed by atoms with Gasteiger partial charge in [0.25, 0.3) is 0 Å². The van der Waals surface area contributed by atoms with Gasteiger partial charge in [-0.05, 0) is 82.3 Å². The van der Waals surface area contributed by atoms with E-state index < -0.39 is 0 Å². The summed E-state index contributed by atoms with van der Waals surface area (Å²) in [5, 5.41) is 2.25. The first-order chi connectivity index (χ1) is 28.2. The van der Waals surface area contributed by atoms with Gasteiger partial charge in [-0.25, -0.2) is 0 Å². The number of hydrogen-bond donors (Lipinski definition) is 0. The maximum atomic E-state index is 6.32. The molecule has 1 aromatic heterocycles. The van der Waals surface area contributed by atoms with Crippen LogP contribution >= 0.6 is 0 Å². The Balaban J connectivity index is 0.000000276. The zero-order chi connectivity index (χ0) is 38.4. The van der Waals surface area contributed by atoms with E-state index in [0.29, 0.717) is 0 Å². The minimum Gasteiger partial charge on any atom is -0.456 e. The Labute approximate surface area is 334 Å². The van der Waals surface area contributed by atoms with Crippen LogP contribution in [0.2, 0.25) is 0 Å². The van der Waals surface area contributed by atoms with Gasteiger partial charge < -0.3 is 9.32 Å². The first-order valence-electron chi connectivity index (χ1n) is 19.4. The summed E-state index contributed by atoms with van der Waals surface area (Å²) in [6.45, 7) is 2.11. The third-order valence-corrected chi connectivity index (χ3v) is 10.5. The Morgan fingerprint density at radius 2 is 0.737 bits per heavy atom. The Morgan fingerprint density at radius 1 is 0.316 bits per heavy atom. The second-order valence-electron chi connectivity index (χ2n) is 14.2. The molecule has 1 heterocycles. The SMILES string of the molecule is Cc1ccc(-c2ccccc2)cc1.c1ccc(-c2ccc(-c3ccc(N(c4ccc5c(c4)oc4ccccc45)c4ccccc4-c4ccccc4)cc3)cc2)cc1. The number of furan rings is 1. The first kappa shape index (κ1) is 35.3. The molecule has 0 saturated carbocycles. The monoisotopic (exact) mass is 731 g/mol. The number of hydrogen-bond acceptors (Lipinski definition) is 2. The van der Waals surface area contributed by atoms with Crippen molar-refractivity contribution in [3.8, 4) is 44.5 Å². The zero-order valence-electron chi connectivity index (χ0n) is 31.8. The van der Waals surface area contributed by atoms with Crippen LogP contribution in [-0.2, 0) is 0 Å². The fourth-order valence-corrected chi connectivity index (χ4v) is 7.48. The van der Waals surface area contributed by atoms with Gasteiger partial charge in [0.1, 0.15) is 11.2 Å². The largest absolute Gasteiger partial charge is 0.456 e. The van der Waals surface area contributed by atoms with Crippen molar-refractivity contribution in [3.05, 3.63) is 236 Å². The second kappa shape index (κ2) is 16.1. The summed E-state index contributed by atoms with van der Waals surface area (Å²) in [5.41, 5.74) is 16.0. The fraction of sp³-hybridized carbons (Fsp3) is 0.0182. The van der Waals surface area contributed by atoms with Crippen LogP contribution in [0.3, 0.4) is 0 Å². The standard InChI is InChI=1S/C42H29NO.C13H12/c1-3-11-30(12-4-1)31-19-21-32(22-20-31)33-23-25-35(26-24-33)43(40-17-9-7-15-37(40)34-13-5-2-6-14-34)36-27-28-39-38-16-8-10-18-41(38)44-42(39)29-36;1-11-7-9-13(10-8-11)12-5-3-2-4-6-12/h1-29H;2-10H,1H3. The fourth-order valence-electron chi connectivity index (χ4n) is 7.48. The highest BCUT2D eigenvalue weighted by Gasteiger charge is 2.19. The third-order valence-electron chi connectivity index (χ3n) is 10.5. The van der Waals surface area contributed by atoms with Gasteiger partial charge in [-0.15, -0.1) is 0 Å². The average Bonchev–Trinajstić information content (AvgIpc) is 3.66. The number of benzene rings is 9. The first-order valence-corrected chi connectivity index (χ1v) is 19.4. The molecule has 9 aromatic carbocycles. The van der Waals surface area contributed by atoms with E-state index >= 15 is 0 Å². The van der Waals surface area contributed by atoms with Crippen LogP contribution in [0.4, 0.5) is 17.1 Å². The van der Waals surface area contributed by atoms with Crippen molar-refractivity contribution < 1.29 is 4.42 Å². The molecule has 57 heavy (non-hydrogen) atoms. The third kappa shape index (κ3) is 7.62. The molecule has 0 radical (unpaired) electrons. The van der Waals surface area contributed by atoms with E-state index in [0.717, 1.165) is 39.0 Å².